The Bertz CT molecular complexity index is 943. The molecular weight excluding hydrogens is 322 g/mol. The maximum atomic E-state index is 12.1. The smallest absolute Gasteiger partial charge is 0.260 e. The van der Waals surface area contributed by atoms with Gasteiger partial charge in [-0.25, -0.2) is 4.98 Å². The van der Waals surface area contributed by atoms with Gasteiger partial charge in [0.1, 0.15) is 10.6 Å². The summed E-state index contributed by atoms with van der Waals surface area (Å²) in [4.78, 5) is 31.9. The number of thiazole rings is 1. The SMILES string of the molecule is Cc1ccccc1-c1nc(C)c(CNC(=O)c2ccc[nH]c2=O)s1. The third kappa shape index (κ3) is 3.28. The summed E-state index contributed by atoms with van der Waals surface area (Å²) < 4.78 is 0. The largest absolute Gasteiger partial charge is 0.347 e. The average molecular weight is 339 g/mol. The van der Waals surface area contributed by atoms with Crippen LogP contribution in [-0.2, 0) is 6.54 Å². The van der Waals surface area contributed by atoms with E-state index in [1.54, 1.807) is 17.4 Å². The zero-order valence-electron chi connectivity index (χ0n) is 13.4. The number of rotatable bonds is 4. The van der Waals surface area contributed by atoms with Gasteiger partial charge in [0.2, 0.25) is 0 Å². The van der Waals surface area contributed by atoms with Gasteiger partial charge in [-0.1, -0.05) is 24.3 Å². The molecule has 0 radical (unpaired) electrons. The quantitative estimate of drug-likeness (QED) is 0.767. The molecule has 0 aliphatic rings. The van der Waals surface area contributed by atoms with Crippen molar-refractivity contribution in [2.45, 2.75) is 20.4 Å². The summed E-state index contributed by atoms with van der Waals surface area (Å²) in [7, 11) is 0. The highest BCUT2D eigenvalue weighted by Crippen LogP contribution is 2.29. The van der Waals surface area contributed by atoms with Crippen LogP contribution in [0.5, 0.6) is 0 Å². The number of benzene rings is 1. The summed E-state index contributed by atoms with van der Waals surface area (Å²) in [6.07, 6.45) is 1.50. The van der Waals surface area contributed by atoms with E-state index in [1.165, 1.54) is 12.3 Å². The van der Waals surface area contributed by atoms with Crippen LogP contribution in [-0.4, -0.2) is 15.9 Å². The molecule has 0 unspecified atom stereocenters. The van der Waals surface area contributed by atoms with Crippen LogP contribution in [0.3, 0.4) is 0 Å². The highest BCUT2D eigenvalue weighted by Gasteiger charge is 2.14. The second-order valence-corrected chi connectivity index (χ2v) is 6.52. The highest BCUT2D eigenvalue weighted by atomic mass is 32.1. The van der Waals surface area contributed by atoms with Crippen LogP contribution in [0.4, 0.5) is 0 Å². The Labute approximate surface area is 143 Å². The first-order valence-corrected chi connectivity index (χ1v) is 8.36. The number of carbonyl (C=O) groups excluding carboxylic acids is 1. The van der Waals surface area contributed by atoms with Crippen LogP contribution in [0, 0.1) is 13.8 Å². The van der Waals surface area contributed by atoms with Crippen LogP contribution >= 0.6 is 11.3 Å². The number of nitrogens with one attached hydrogen (secondary N) is 2. The molecule has 2 heterocycles. The molecular formula is C18H17N3O2S. The number of carbonyl (C=O) groups is 1. The Morgan fingerprint density at radius 2 is 2.00 bits per heavy atom. The molecule has 5 nitrogen and oxygen atoms in total. The summed E-state index contributed by atoms with van der Waals surface area (Å²) in [6.45, 7) is 4.33. The minimum absolute atomic E-state index is 0.110. The molecule has 0 fully saturated rings. The highest BCUT2D eigenvalue weighted by molar-refractivity contribution is 7.15. The van der Waals surface area contributed by atoms with Gasteiger partial charge in [-0.05, 0) is 31.5 Å². The van der Waals surface area contributed by atoms with Crippen molar-refractivity contribution in [1.29, 1.82) is 0 Å². The summed E-state index contributed by atoms with van der Waals surface area (Å²) in [6, 6.07) is 11.2. The van der Waals surface area contributed by atoms with Gasteiger partial charge in [-0.2, -0.15) is 0 Å². The van der Waals surface area contributed by atoms with Crippen molar-refractivity contribution in [3.05, 3.63) is 74.6 Å². The van der Waals surface area contributed by atoms with Gasteiger partial charge < -0.3 is 10.3 Å². The zero-order valence-corrected chi connectivity index (χ0v) is 14.2. The Morgan fingerprint density at radius 1 is 1.21 bits per heavy atom. The van der Waals surface area contributed by atoms with E-state index >= 15 is 0 Å². The maximum absolute atomic E-state index is 12.1. The maximum Gasteiger partial charge on any atom is 0.260 e. The molecule has 122 valence electrons. The molecule has 3 rings (SSSR count). The molecule has 0 aliphatic heterocycles. The van der Waals surface area contributed by atoms with E-state index in [0.29, 0.717) is 6.54 Å². The Balaban J connectivity index is 1.77. The predicted octanol–water partition coefficient (Wildman–Crippen LogP) is 3.05. The number of pyridine rings is 1. The lowest BCUT2D eigenvalue weighted by molar-refractivity contribution is 0.0949. The molecule has 0 aliphatic carbocycles. The zero-order chi connectivity index (χ0) is 17.1. The molecule has 2 aromatic heterocycles. The van der Waals surface area contributed by atoms with Crippen molar-refractivity contribution >= 4 is 17.2 Å². The summed E-state index contributed by atoms with van der Waals surface area (Å²) in [5.74, 6) is -0.387. The monoisotopic (exact) mass is 339 g/mol. The predicted molar refractivity (Wildman–Crippen MR) is 95.3 cm³/mol. The van der Waals surface area contributed by atoms with E-state index in [-0.39, 0.29) is 11.5 Å². The van der Waals surface area contributed by atoms with Gasteiger partial charge in [0.25, 0.3) is 11.5 Å². The number of aromatic amines is 1. The lowest BCUT2D eigenvalue weighted by atomic mass is 10.1. The van der Waals surface area contributed by atoms with E-state index in [2.05, 4.69) is 28.3 Å². The van der Waals surface area contributed by atoms with Crippen LogP contribution in [0.2, 0.25) is 0 Å². The fourth-order valence-corrected chi connectivity index (χ4v) is 3.47. The molecule has 0 spiro atoms. The molecule has 6 heteroatoms. The number of H-pyrrole nitrogens is 1. The third-order valence-electron chi connectivity index (χ3n) is 3.74. The number of hydrogen-bond acceptors (Lipinski definition) is 4. The van der Waals surface area contributed by atoms with E-state index < -0.39 is 5.56 Å². The van der Waals surface area contributed by atoms with Crippen LogP contribution in [0.1, 0.15) is 26.5 Å². The second kappa shape index (κ2) is 6.80. The van der Waals surface area contributed by atoms with Crippen molar-refractivity contribution < 1.29 is 4.79 Å². The van der Waals surface area contributed by atoms with E-state index in [1.807, 2.05) is 25.1 Å². The molecule has 0 atom stereocenters. The second-order valence-electron chi connectivity index (χ2n) is 5.44. The fraction of sp³-hybridized carbons (Fsp3) is 0.167. The first kappa shape index (κ1) is 16.1. The average Bonchev–Trinajstić information content (AvgIpc) is 2.94. The molecule has 3 aromatic rings. The normalized spacial score (nSPS) is 10.6. The first-order chi connectivity index (χ1) is 11.6. The molecule has 2 N–H and O–H groups in total. The van der Waals surface area contributed by atoms with E-state index in [0.717, 1.165) is 26.7 Å². The molecule has 1 aromatic carbocycles. The van der Waals surface area contributed by atoms with Crippen molar-refractivity contribution in [2.75, 3.05) is 0 Å². The first-order valence-electron chi connectivity index (χ1n) is 7.54. The van der Waals surface area contributed by atoms with Crippen LogP contribution in [0.15, 0.2) is 47.4 Å². The van der Waals surface area contributed by atoms with Crippen molar-refractivity contribution in [2.24, 2.45) is 0 Å². The number of amides is 1. The van der Waals surface area contributed by atoms with Crippen molar-refractivity contribution in [1.82, 2.24) is 15.3 Å². The Morgan fingerprint density at radius 3 is 2.75 bits per heavy atom. The molecule has 1 amide bonds. The van der Waals surface area contributed by atoms with Gasteiger partial charge in [0.15, 0.2) is 0 Å². The third-order valence-corrected chi connectivity index (χ3v) is 4.93. The summed E-state index contributed by atoms with van der Waals surface area (Å²) in [5.41, 5.74) is 2.87. The van der Waals surface area contributed by atoms with Crippen molar-refractivity contribution in [3.8, 4) is 10.6 Å². The minimum Gasteiger partial charge on any atom is -0.347 e. The van der Waals surface area contributed by atoms with Gasteiger partial charge in [0.05, 0.1) is 12.2 Å². The molecule has 0 saturated heterocycles. The Hall–Kier alpha value is -2.73. The lowest BCUT2D eigenvalue weighted by Gasteiger charge is -2.03. The van der Waals surface area contributed by atoms with Gasteiger partial charge in [0, 0.05) is 16.6 Å². The van der Waals surface area contributed by atoms with Crippen LogP contribution in [0.25, 0.3) is 10.6 Å². The number of aromatic nitrogens is 2. The molecule has 0 bridgehead atoms. The topological polar surface area (TPSA) is 74.8 Å². The lowest BCUT2D eigenvalue weighted by Crippen LogP contribution is -2.28. The van der Waals surface area contributed by atoms with Crippen LogP contribution < -0.4 is 10.9 Å². The standard InChI is InChI=1S/C18H17N3O2S/c1-11-6-3-4-7-13(11)18-21-12(2)15(24-18)10-20-17(23)14-8-5-9-19-16(14)22/h3-9H,10H2,1-2H3,(H,19,22)(H,20,23). The van der Waals surface area contributed by atoms with Crippen molar-refractivity contribution in [3.63, 3.8) is 0 Å². The van der Waals surface area contributed by atoms with Gasteiger partial charge >= 0.3 is 0 Å². The van der Waals surface area contributed by atoms with E-state index in [9.17, 15) is 9.59 Å². The summed E-state index contributed by atoms with van der Waals surface area (Å²) >= 11 is 1.56. The van der Waals surface area contributed by atoms with Gasteiger partial charge in [-0.15, -0.1) is 11.3 Å². The van der Waals surface area contributed by atoms with E-state index in [4.69, 9.17) is 0 Å². The number of aryl methyl sites for hydroxylation is 2. The molecule has 24 heavy (non-hydrogen) atoms. The molecule has 0 saturated carbocycles. The number of hydrogen-bond donors (Lipinski definition) is 2. The Kier molecular flexibility index (Phi) is 4.57. The minimum atomic E-state index is -0.392. The number of nitrogens with zero attached hydrogens (tertiary/aromatic N) is 1. The fourth-order valence-electron chi connectivity index (χ4n) is 2.38. The van der Waals surface area contributed by atoms with Gasteiger partial charge in [-0.3, -0.25) is 9.59 Å². The summed E-state index contributed by atoms with van der Waals surface area (Å²) in [5, 5.41) is 3.73.